The van der Waals surface area contributed by atoms with Gasteiger partial charge < -0.3 is 10.1 Å². The maximum atomic E-state index is 13.9. The summed E-state index contributed by atoms with van der Waals surface area (Å²) in [5.74, 6) is 1.02. The SMILES string of the molecule is CCSc1cccc(Nc2cc(OC)ccc2F)c1C#N. The molecule has 0 saturated carbocycles. The van der Waals surface area contributed by atoms with E-state index in [-0.39, 0.29) is 5.69 Å². The van der Waals surface area contributed by atoms with Crippen LogP contribution < -0.4 is 10.1 Å². The number of rotatable bonds is 5. The highest BCUT2D eigenvalue weighted by Gasteiger charge is 2.11. The lowest BCUT2D eigenvalue weighted by Gasteiger charge is -2.12. The summed E-state index contributed by atoms with van der Waals surface area (Å²) in [5, 5.41) is 12.3. The van der Waals surface area contributed by atoms with E-state index in [0.29, 0.717) is 17.0 Å². The molecule has 5 heteroatoms. The van der Waals surface area contributed by atoms with Crippen molar-refractivity contribution in [2.24, 2.45) is 0 Å². The molecule has 3 nitrogen and oxygen atoms in total. The molecule has 0 heterocycles. The molecular formula is C16H15FN2OS. The summed E-state index contributed by atoms with van der Waals surface area (Å²) in [7, 11) is 1.52. The van der Waals surface area contributed by atoms with Crippen molar-refractivity contribution in [2.75, 3.05) is 18.2 Å². The molecule has 0 amide bonds. The summed E-state index contributed by atoms with van der Waals surface area (Å²) >= 11 is 1.58. The Bertz CT molecular complexity index is 682. The van der Waals surface area contributed by atoms with Gasteiger partial charge in [0.05, 0.1) is 24.0 Å². The Morgan fingerprint density at radius 3 is 2.76 bits per heavy atom. The molecule has 2 rings (SSSR count). The van der Waals surface area contributed by atoms with Gasteiger partial charge in [0, 0.05) is 11.0 Å². The summed E-state index contributed by atoms with van der Waals surface area (Å²) < 4.78 is 19.0. The lowest BCUT2D eigenvalue weighted by atomic mass is 10.2. The van der Waals surface area contributed by atoms with Crippen molar-refractivity contribution < 1.29 is 9.13 Å². The summed E-state index contributed by atoms with van der Waals surface area (Å²) in [4.78, 5) is 0.883. The van der Waals surface area contributed by atoms with E-state index < -0.39 is 5.82 Å². The fourth-order valence-electron chi connectivity index (χ4n) is 1.90. The summed E-state index contributed by atoms with van der Waals surface area (Å²) in [6.45, 7) is 2.02. The zero-order valence-corrected chi connectivity index (χ0v) is 12.6. The Hall–Kier alpha value is -2.19. The van der Waals surface area contributed by atoms with Crippen LogP contribution in [0.5, 0.6) is 5.75 Å². The molecule has 0 spiro atoms. The van der Waals surface area contributed by atoms with Gasteiger partial charge in [0.1, 0.15) is 17.6 Å². The fourth-order valence-corrected chi connectivity index (χ4v) is 2.68. The first-order valence-corrected chi connectivity index (χ1v) is 7.44. The summed E-state index contributed by atoms with van der Waals surface area (Å²) in [6.07, 6.45) is 0. The Balaban J connectivity index is 2.40. The molecule has 0 aliphatic heterocycles. The molecule has 1 N–H and O–H groups in total. The quantitative estimate of drug-likeness (QED) is 0.822. The molecule has 2 aromatic carbocycles. The molecule has 0 saturated heterocycles. The highest BCUT2D eigenvalue weighted by Crippen LogP contribution is 2.31. The number of hydrogen-bond donors (Lipinski definition) is 1. The molecule has 21 heavy (non-hydrogen) atoms. The first-order valence-electron chi connectivity index (χ1n) is 6.46. The van der Waals surface area contributed by atoms with Gasteiger partial charge >= 0.3 is 0 Å². The highest BCUT2D eigenvalue weighted by atomic mass is 32.2. The Labute approximate surface area is 127 Å². The van der Waals surface area contributed by atoms with Crippen molar-refractivity contribution in [3.8, 4) is 11.8 Å². The lowest BCUT2D eigenvalue weighted by molar-refractivity contribution is 0.414. The number of thioether (sulfide) groups is 1. The molecule has 0 fully saturated rings. The van der Waals surface area contributed by atoms with Crippen molar-refractivity contribution in [2.45, 2.75) is 11.8 Å². The van der Waals surface area contributed by atoms with E-state index in [4.69, 9.17) is 4.74 Å². The first kappa shape index (κ1) is 15.2. The molecule has 0 radical (unpaired) electrons. The second-order valence-electron chi connectivity index (χ2n) is 4.19. The molecular weight excluding hydrogens is 287 g/mol. The number of halogens is 1. The van der Waals surface area contributed by atoms with E-state index in [2.05, 4.69) is 11.4 Å². The van der Waals surface area contributed by atoms with Crippen molar-refractivity contribution in [3.63, 3.8) is 0 Å². The zero-order chi connectivity index (χ0) is 15.2. The van der Waals surface area contributed by atoms with Crippen LogP contribution in [0.25, 0.3) is 0 Å². The molecule has 0 unspecified atom stereocenters. The second-order valence-corrected chi connectivity index (χ2v) is 5.50. The van der Waals surface area contributed by atoms with Gasteiger partial charge in [0.15, 0.2) is 0 Å². The van der Waals surface area contributed by atoms with Crippen molar-refractivity contribution in [3.05, 3.63) is 47.8 Å². The minimum absolute atomic E-state index is 0.282. The smallest absolute Gasteiger partial charge is 0.146 e. The van der Waals surface area contributed by atoms with Crippen molar-refractivity contribution in [1.82, 2.24) is 0 Å². The van der Waals surface area contributed by atoms with Crippen LogP contribution in [0, 0.1) is 17.1 Å². The standard InChI is InChI=1S/C16H15FN2OS/c1-3-21-16-6-4-5-14(12(16)10-18)19-15-9-11(20-2)7-8-13(15)17/h4-9,19H,3H2,1-2H3. The van der Waals surface area contributed by atoms with Gasteiger partial charge in [-0.2, -0.15) is 5.26 Å². The third kappa shape index (κ3) is 3.47. The van der Waals surface area contributed by atoms with Crippen LogP contribution in [0.3, 0.4) is 0 Å². The topological polar surface area (TPSA) is 45.0 Å². The van der Waals surface area contributed by atoms with Gasteiger partial charge in [-0.25, -0.2) is 4.39 Å². The lowest BCUT2D eigenvalue weighted by Crippen LogP contribution is -1.98. The molecule has 0 aromatic heterocycles. The number of nitrogens with zero attached hydrogens (tertiary/aromatic N) is 1. The number of nitrogens with one attached hydrogen (secondary N) is 1. The minimum Gasteiger partial charge on any atom is -0.497 e. The van der Waals surface area contributed by atoms with E-state index in [1.54, 1.807) is 30.0 Å². The largest absolute Gasteiger partial charge is 0.497 e. The Morgan fingerprint density at radius 2 is 2.10 bits per heavy atom. The number of ether oxygens (including phenoxy) is 1. The van der Waals surface area contributed by atoms with Crippen LogP contribution in [-0.4, -0.2) is 12.9 Å². The predicted octanol–water partition coefficient (Wildman–Crippen LogP) is 4.56. The average Bonchev–Trinajstić information content (AvgIpc) is 2.50. The second kappa shape index (κ2) is 7.00. The van der Waals surface area contributed by atoms with E-state index in [0.717, 1.165) is 10.6 Å². The van der Waals surface area contributed by atoms with E-state index in [9.17, 15) is 9.65 Å². The number of hydrogen-bond acceptors (Lipinski definition) is 4. The maximum Gasteiger partial charge on any atom is 0.146 e. The van der Waals surface area contributed by atoms with Crippen molar-refractivity contribution >= 4 is 23.1 Å². The van der Waals surface area contributed by atoms with Crippen LogP contribution in [0.15, 0.2) is 41.3 Å². The number of methoxy groups -OCH3 is 1. The van der Waals surface area contributed by atoms with Gasteiger partial charge in [0.25, 0.3) is 0 Å². The fraction of sp³-hybridized carbons (Fsp3) is 0.188. The molecule has 0 atom stereocenters. The average molecular weight is 302 g/mol. The molecule has 2 aromatic rings. The van der Waals surface area contributed by atoms with Gasteiger partial charge in [-0.15, -0.1) is 11.8 Å². The molecule has 0 bridgehead atoms. The van der Waals surface area contributed by atoms with Crippen LogP contribution in [0.2, 0.25) is 0 Å². The van der Waals surface area contributed by atoms with Crippen LogP contribution >= 0.6 is 11.8 Å². The summed E-state index contributed by atoms with van der Waals surface area (Å²) in [6, 6.07) is 12.1. The third-order valence-corrected chi connectivity index (χ3v) is 3.82. The maximum absolute atomic E-state index is 13.9. The highest BCUT2D eigenvalue weighted by molar-refractivity contribution is 7.99. The van der Waals surface area contributed by atoms with Gasteiger partial charge in [-0.1, -0.05) is 13.0 Å². The van der Waals surface area contributed by atoms with Crippen LogP contribution in [-0.2, 0) is 0 Å². The molecule has 0 aliphatic carbocycles. The number of nitriles is 1. The summed E-state index contributed by atoms with van der Waals surface area (Å²) in [5.41, 5.74) is 1.39. The number of anilines is 2. The molecule has 0 aliphatic rings. The molecule has 108 valence electrons. The minimum atomic E-state index is -0.395. The zero-order valence-electron chi connectivity index (χ0n) is 11.8. The van der Waals surface area contributed by atoms with E-state index >= 15 is 0 Å². The number of benzene rings is 2. The van der Waals surface area contributed by atoms with E-state index in [1.807, 2.05) is 19.1 Å². The van der Waals surface area contributed by atoms with Gasteiger partial charge in [0.2, 0.25) is 0 Å². The van der Waals surface area contributed by atoms with Crippen LogP contribution in [0.1, 0.15) is 12.5 Å². The van der Waals surface area contributed by atoms with Crippen molar-refractivity contribution in [1.29, 1.82) is 5.26 Å². The Kier molecular flexibility index (Phi) is 5.07. The van der Waals surface area contributed by atoms with E-state index in [1.165, 1.54) is 13.2 Å². The van der Waals surface area contributed by atoms with Gasteiger partial charge in [-0.3, -0.25) is 0 Å². The van der Waals surface area contributed by atoms with Gasteiger partial charge in [-0.05, 0) is 30.0 Å². The Morgan fingerprint density at radius 1 is 1.29 bits per heavy atom. The van der Waals surface area contributed by atoms with Crippen LogP contribution in [0.4, 0.5) is 15.8 Å². The monoisotopic (exact) mass is 302 g/mol. The normalized spacial score (nSPS) is 10.0. The first-order chi connectivity index (χ1) is 10.2. The predicted molar refractivity (Wildman–Crippen MR) is 83.8 cm³/mol. The third-order valence-electron chi connectivity index (χ3n) is 2.88.